The zero-order valence-corrected chi connectivity index (χ0v) is 18.4. The number of hydrogen-bond donors (Lipinski definition) is 2. The number of rotatable bonds is 11. The third-order valence-corrected chi connectivity index (χ3v) is 3.82. The summed E-state index contributed by atoms with van der Waals surface area (Å²) in [5.41, 5.74) is 1.25. The first kappa shape index (κ1) is 23.4. The van der Waals surface area contributed by atoms with Crippen LogP contribution in [0.4, 0.5) is 0 Å². The molecule has 2 N–H and O–H groups in total. The molecule has 0 aliphatic heterocycles. The van der Waals surface area contributed by atoms with Gasteiger partial charge < -0.3 is 24.7 Å². The normalized spacial score (nSPS) is 11.1. The van der Waals surface area contributed by atoms with E-state index in [2.05, 4.69) is 49.4 Å². The van der Waals surface area contributed by atoms with Crippen molar-refractivity contribution in [2.75, 3.05) is 40.5 Å². The van der Waals surface area contributed by atoms with Crippen LogP contribution in [0, 0.1) is 0 Å². The van der Waals surface area contributed by atoms with Gasteiger partial charge in [-0.2, -0.15) is 0 Å². The third kappa shape index (κ3) is 9.21. The van der Waals surface area contributed by atoms with Gasteiger partial charge in [-0.05, 0) is 12.0 Å². The lowest BCUT2D eigenvalue weighted by Crippen LogP contribution is -2.38. The Hall–Kier alpha value is -1.65. The predicted molar refractivity (Wildman–Crippen MR) is 119 cm³/mol. The summed E-state index contributed by atoms with van der Waals surface area (Å²) in [6.07, 6.45) is 4.73. The maximum Gasteiger partial charge on any atom is 0.191 e. The molecule has 150 valence electrons. The summed E-state index contributed by atoms with van der Waals surface area (Å²) in [6.45, 7) is 4.19. The van der Waals surface area contributed by atoms with Crippen LogP contribution in [0.3, 0.4) is 0 Å². The SMILES string of the molecule is CN=C(NCCCOCCOC)NCc1nccn1Cc1ccccc1.I. The zero-order chi connectivity index (χ0) is 18.5. The van der Waals surface area contributed by atoms with Crippen LogP contribution >= 0.6 is 24.0 Å². The Morgan fingerprint density at radius 3 is 2.70 bits per heavy atom. The summed E-state index contributed by atoms with van der Waals surface area (Å²) < 4.78 is 12.5. The second-order valence-electron chi connectivity index (χ2n) is 5.77. The number of guanidine groups is 1. The Labute approximate surface area is 178 Å². The van der Waals surface area contributed by atoms with Crippen molar-refractivity contribution >= 4 is 29.9 Å². The topological polar surface area (TPSA) is 72.7 Å². The van der Waals surface area contributed by atoms with Crippen LogP contribution in [0.25, 0.3) is 0 Å². The van der Waals surface area contributed by atoms with Crippen molar-refractivity contribution in [1.29, 1.82) is 0 Å². The second-order valence-corrected chi connectivity index (χ2v) is 5.77. The zero-order valence-electron chi connectivity index (χ0n) is 16.1. The fourth-order valence-corrected chi connectivity index (χ4v) is 2.44. The number of nitrogens with one attached hydrogen (secondary N) is 2. The summed E-state index contributed by atoms with van der Waals surface area (Å²) in [7, 11) is 3.44. The molecule has 27 heavy (non-hydrogen) atoms. The van der Waals surface area contributed by atoms with Crippen LogP contribution in [0.15, 0.2) is 47.7 Å². The first-order valence-electron chi connectivity index (χ1n) is 8.88. The Bertz CT molecular complexity index is 649. The van der Waals surface area contributed by atoms with Crippen LogP contribution in [-0.4, -0.2) is 56.0 Å². The van der Waals surface area contributed by atoms with Gasteiger partial charge in [-0.25, -0.2) is 4.98 Å². The highest BCUT2D eigenvalue weighted by atomic mass is 127. The molecule has 1 heterocycles. The molecular weight excluding hydrogens is 457 g/mol. The molecule has 0 amide bonds. The molecule has 0 saturated carbocycles. The number of aliphatic imine (C=N–C) groups is 1. The standard InChI is InChI=1S/C19H29N5O2.HI/c1-20-19(22-9-6-12-26-14-13-25-2)23-15-18-21-10-11-24(18)16-17-7-4-3-5-8-17;/h3-5,7-8,10-11H,6,9,12-16H2,1-2H3,(H2,20,22,23);1H. The van der Waals surface area contributed by atoms with Crippen molar-refractivity contribution < 1.29 is 9.47 Å². The lowest BCUT2D eigenvalue weighted by atomic mass is 10.2. The highest BCUT2D eigenvalue weighted by Gasteiger charge is 2.05. The molecule has 8 heteroatoms. The molecule has 0 aliphatic rings. The van der Waals surface area contributed by atoms with Crippen molar-refractivity contribution in [3.05, 3.63) is 54.1 Å². The van der Waals surface area contributed by atoms with Gasteiger partial charge in [0.05, 0.1) is 19.8 Å². The monoisotopic (exact) mass is 487 g/mol. The van der Waals surface area contributed by atoms with E-state index in [9.17, 15) is 0 Å². The number of aromatic nitrogens is 2. The van der Waals surface area contributed by atoms with Crippen molar-refractivity contribution in [1.82, 2.24) is 20.2 Å². The van der Waals surface area contributed by atoms with E-state index >= 15 is 0 Å². The van der Waals surface area contributed by atoms with Crippen molar-refractivity contribution in [3.8, 4) is 0 Å². The third-order valence-electron chi connectivity index (χ3n) is 3.82. The second kappa shape index (κ2) is 14.4. The maximum absolute atomic E-state index is 5.44. The minimum absolute atomic E-state index is 0. The summed E-state index contributed by atoms with van der Waals surface area (Å²) in [6, 6.07) is 10.4. The molecule has 0 spiro atoms. The molecule has 1 aromatic carbocycles. The molecule has 2 rings (SSSR count). The highest BCUT2D eigenvalue weighted by Crippen LogP contribution is 2.05. The fourth-order valence-electron chi connectivity index (χ4n) is 2.44. The summed E-state index contributed by atoms with van der Waals surface area (Å²) in [5.74, 6) is 1.73. The quantitative estimate of drug-likeness (QED) is 0.220. The smallest absolute Gasteiger partial charge is 0.191 e. The Morgan fingerprint density at radius 2 is 1.96 bits per heavy atom. The van der Waals surface area contributed by atoms with Gasteiger partial charge in [-0.1, -0.05) is 30.3 Å². The van der Waals surface area contributed by atoms with Crippen LogP contribution in [0.2, 0.25) is 0 Å². The Kier molecular flexibility index (Phi) is 12.5. The number of hydrogen-bond acceptors (Lipinski definition) is 4. The molecule has 0 bridgehead atoms. The van der Waals surface area contributed by atoms with Crippen LogP contribution in [-0.2, 0) is 22.6 Å². The van der Waals surface area contributed by atoms with E-state index in [1.54, 1.807) is 14.2 Å². The van der Waals surface area contributed by atoms with Gasteiger partial charge >= 0.3 is 0 Å². The lowest BCUT2D eigenvalue weighted by molar-refractivity contribution is 0.0698. The highest BCUT2D eigenvalue weighted by molar-refractivity contribution is 14.0. The van der Waals surface area contributed by atoms with Crippen molar-refractivity contribution in [2.24, 2.45) is 4.99 Å². The van der Waals surface area contributed by atoms with Gasteiger partial charge in [0, 0.05) is 46.2 Å². The van der Waals surface area contributed by atoms with Gasteiger partial charge in [-0.15, -0.1) is 24.0 Å². The van der Waals surface area contributed by atoms with Crippen molar-refractivity contribution in [2.45, 2.75) is 19.5 Å². The molecule has 0 saturated heterocycles. The van der Waals surface area contributed by atoms with Gasteiger partial charge in [0.1, 0.15) is 5.82 Å². The van der Waals surface area contributed by atoms with Gasteiger partial charge in [-0.3, -0.25) is 4.99 Å². The van der Waals surface area contributed by atoms with Crippen molar-refractivity contribution in [3.63, 3.8) is 0 Å². The molecule has 0 unspecified atom stereocenters. The minimum atomic E-state index is 0. The molecule has 7 nitrogen and oxygen atoms in total. The van der Waals surface area contributed by atoms with Gasteiger partial charge in [0.15, 0.2) is 5.96 Å². The number of ether oxygens (including phenoxy) is 2. The Morgan fingerprint density at radius 1 is 1.15 bits per heavy atom. The molecule has 0 radical (unpaired) electrons. The average molecular weight is 487 g/mol. The molecule has 1 aromatic heterocycles. The van der Waals surface area contributed by atoms with Crippen LogP contribution < -0.4 is 10.6 Å². The number of benzene rings is 1. The van der Waals surface area contributed by atoms with E-state index in [0.717, 1.165) is 31.3 Å². The van der Waals surface area contributed by atoms with E-state index in [1.165, 1.54) is 5.56 Å². The maximum atomic E-state index is 5.44. The predicted octanol–water partition coefficient (Wildman–Crippen LogP) is 2.27. The van der Waals surface area contributed by atoms with E-state index in [1.807, 2.05) is 18.5 Å². The average Bonchev–Trinajstić information content (AvgIpc) is 3.11. The fraction of sp³-hybridized carbons (Fsp3) is 0.474. The summed E-state index contributed by atoms with van der Waals surface area (Å²) in [4.78, 5) is 8.69. The summed E-state index contributed by atoms with van der Waals surface area (Å²) >= 11 is 0. The largest absolute Gasteiger partial charge is 0.382 e. The number of methoxy groups -OCH3 is 1. The molecule has 0 fully saturated rings. The number of halogens is 1. The molecule has 0 atom stereocenters. The minimum Gasteiger partial charge on any atom is -0.382 e. The van der Waals surface area contributed by atoms with Crippen LogP contribution in [0.1, 0.15) is 17.8 Å². The van der Waals surface area contributed by atoms with Gasteiger partial charge in [0.2, 0.25) is 0 Å². The molecular formula is C19H30IN5O2. The molecule has 2 aromatic rings. The number of nitrogens with zero attached hydrogens (tertiary/aromatic N) is 3. The first-order valence-corrected chi connectivity index (χ1v) is 8.88. The Balaban J connectivity index is 0.00000364. The van der Waals surface area contributed by atoms with Crippen LogP contribution in [0.5, 0.6) is 0 Å². The van der Waals surface area contributed by atoms with Gasteiger partial charge in [0.25, 0.3) is 0 Å². The summed E-state index contributed by atoms with van der Waals surface area (Å²) in [5, 5.41) is 6.59. The van der Waals surface area contributed by atoms with E-state index in [0.29, 0.717) is 26.4 Å². The van der Waals surface area contributed by atoms with E-state index < -0.39 is 0 Å². The van der Waals surface area contributed by atoms with E-state index in [-0.39, 0.29) is 24.0 Å². The number of imidazole rings is 1. The molecule has 0 aliphatic carbocycles. The first-order chi connectivity index (χ1) is 12.8. The van der Waals surface area contributed by atoms with E-state index in [4.69, 9.17) is 9.47 Å². The lowest BCUT2D eigenvalue weighted by Gasteiger charge is -2.13.